The van der Waals surface area contributed by atoms with Crippen LogP contribution < -0.4 is 5.32 Å². The van der Waals surface area contributed by atoms with E-state index in [1.54, 1.807) is 7.11 Å². The zero-order chi connectivity index (χ0) is 14.3. The van der Waals surface area contributed by atoms with Crippen molar-refractivity contribution in [3.05, 3.63) is 0 Å². The number of ether oxygens (including phenoxy) is 1. The number of carbonyl (C=O) groups is 1. The Balaban J connectivity index is 2.32. The first-order valence-electron chi connectivity index (χ1n) is 6.37. The first-order valence-corrected chi connectivity index (χ1v) is 7.98. The normalized spacial score (nSPS) is 18.4. The molecule has 1 aliphatic heterocycles. The SMILES string of the molecule is COCCNC(=O)CCS(=O)(=O)N1CCN(C)CC1. The Kier molecular flexibility index (Phi) is 6.70. The molecule has 1 saturated heterocycles. The standard InChI is InChI=1S/C11H23N3O4S/c1-13-5-7-14(8-6-13)19(16,17)10-3-11(15)12-4-9-18-2/h3-10H2,1-2H3,(H,12,15). The van der Waals surface area contributed by atoms with Crippen molar-refractivity contribution in [3.63, 3.8) is 0 Å². The molecule has 0 unspecified atom stereocenters. The smallest absolute Gasteiger partial charge is 0.221 e. The highest BCUT2D eigenvalue weighted by Gasteiger charge is 2.25. The van der Waals surface area contributed by atoms with Crippen molar-refractivity contribution in [2.75, 3.05) is 59.2 Å². The fraction of sp³-hybridized carbons (Fsp3) is 0.909. The molecule has 0 radical (unpaired) electrons. The van der Waals surface area contributed by atoms with Gasteiger partial charge in [0.05, 0.1) is 12.4 Å². The van der Waals surface area contributed by atoms with Crippen molar-refractivity contribution in [3.8, 4) is 0 Å². The quantitative estimate of drug-likeness (QED) is 0.591. The van der Waals surface area contributed by atoms with Crippen LogP contribution in [0.4, 0.5) is 0 Å². The van der Waals surface area contributed by atoms with Gasteiger partial charge in [-0.1, -0.05) is 0 Å². The molecule has 1 heterocycles. The lowest BCUT2D eigenvalue weighted by atomic mass is 10.4. The van der Waals surface area contributed by atoms with Gasteiger partial charge < -0.3 is 15.0 Å². The molecule has 1 fully saturated rings. The van der Waals surface area contributed by atoms with E-state index in [-0.39, 0.29) is 18.1 Å². The largest absolute Gasteiger partial charge is 0.383 e. The summed E-state index contributed by atoms with van der Waals surface area (Å²) >= 11 is 0. The summed E-state index contributed by atoms with van der Waals surface area (Å²) in [5.74, 6) is -0.384. The predicted molar refractivity (Wildman–Crippen MR) is 72.4 cm³/mol. The summed E-state index contributed by atoms with van der Waals surface area (Å²) in [7, 11) is 0.193. The lowest BCUT2D eigenvalue weighted by Crippen LogP contribution is -2.48. The van der Waals surface area contributed by atoms with Crippen molar-refractivity contribution < 1.29 is 17.9 Å². The van der Waals surface area contributed by atoms with E-state index in [0.29, 0.717) is 26.2 Å². The van der Waals surface area contributed by atoms with E-state index >= 15 is 0 Å². The van der Waals surface area contributed by atoms with Crippen LogP contribution in [0.1, 0.15) is 6.42 Å². The Bertz CT molecular complexity index is 377. The summed E-state index contributed by atoms with van der Waals surface area (Å²) in [4.78, 5) is 13.5. The zero-order valence-electron chi connectivity index (χ0n) is 11.6. The number of amides is 1. The lowest BCUT2D eigenvalue weighted by Gasteiger charge is -2.31. The van der Waals surface area contributed by atoms with Gasteiger partial charge in [0.2, 0.25) is 15.9 Å². The molecule has 0 atom stereocenters. The average molecular weight is 293 g/mol. The van der Waals surface area contributed by atoms with Crippen molar-refractivity contribution in [1.82, 2.24) is 14.5 Å². The van der Waals surface area contributed by atoms with E-state index in [9.17, 15) is 13.2 Å². The average Bonchev–Trinajstić information content (AvgIpc) is 2.37. The molecule has 1 amide bonds. The Morgan fingerprint density at radius 3 is 2.47 bits per heavy atom. The Labute approximate surface area is 114 Å². The van der Waals surface area contributed by atoms with Crippen LogP contribution in [0.25, 0.3) is 0 Å². The van der Waals surface area contributed by atoms with Crippen LogP contribution in [0.2, 0.25) is 0 Å². The summed E-state index contributed by atoms with van der Waals surface area (Å²) < 4.78 is 30.3. The third-order valence-electron chi connectivity index (χ3n) is 3.07. The van der Waals surface area contributed by atoms with Crippen LogP contribution in [0.5, 0.6) is 0 Å². The summed E-state index contributed by atoms with van der Waals surface area (Å²) in [6, 6.07) is 0. The topological polar surface area (TPSA) is 78.9 Å². The molecule has 0 aliphatic carbocycles. The molecular weight excluding hydrogens is 270 g/mol. The van der Waals surface area contributed by atoms with Gasteiger partial charge >= 0.3 is 0 Å². The van der Waals surface area contributed by atoms with Crippen LogP contribution in [-0.2, 0) is 19.6 Å². The molecule has 112 valence electrons. The van der Waals surface area contributed by atoms with E-state index in [2.05, 4.69) is 10.2 Å². The van der Waals surface area contributed by atoms with Gasteiger partial charge in [0.1, 0.15) is 0 Å². The third-order valence-corrected chi connectivity index (χ3v) is 4.94. The molecule has 8 heteroatoms. The first kappa shape index (κ1) is 16.4. The van der Waals surface area contributed by atoms with Crippen LogP contribution in [0, 0.1) is 0 Å². The maximum atomic E-state index is 12.0. The van der Waals surface area contributed by atoms with E-state index in [1.807, 2.05) is 7.05 Å². The molecule has 0 aromatic carbocycles. The number of hydrogen-bond donors (Lipinski definition) is 1. The minimum absolute atomic E-state index is 0.00160. The van der Waals surface area contributed by atoms with Crippen molar-refractivity contribution in [2.24, 2.45) is 0 Å². The van der Waals surface area contributed by atoms with Crippen LogP contribution >= 0.6 is 0 Å². The van der Waals surface area contributed by atoms with Gasteiger partial charge in [-0.25, -0.2) is 8.42 Å². The van der Waals surface area contributed by atoms with E-state index < -0.39 is 10.0 Å². The molecule has 1 rings (SSSR count). The number of methoxy groups -OCH3 is 1. The van der Waals surface area contributed by atoms with Crippen molar-refractivity contribution in [1.29, 1.82) is 0 Å². The number of nitrogens with zero attached hydrogens (tertiary/aromatic N) is 2. The number of hydrogen-bond acceptors (Lipinski definition) is 5. The highest BCUT2D eigenvalue weighted by molar-refractivity contribution is 7.89. The maximum Gasteiger partial charge on any atom is 0.221 e. The van der Waals surface area contributed by atoms with Gasteiger partial charge in [0, 0.05) is 46.3 Å². The summed E-state index contributed by atoms with van der Waals surface area (Å²) in [6.45, 7) is 3.31. The second-order valence-electron chi connectivity index (χ2n) is 4.61. The van der Waals surface area contributed by atoms with Crippen molar-refractivity contribution in [2.45, 2.75) is 6.42 Å². The van der Waals surface area contributed by atoms with Gasteiger partial charge in [0.25, 0.3) is 0 Å². The highest BCUT2D eigenvalue weighted by Crippen LogP contribution is 2.07. The summed E-state index contributed by atoms with van der Waals surface area (Å²) in [5, 5.41) is 2.61. The molecule has 0 bridgehead atoms. The molecule has 0 saturated carbocycles. The second-order valence-corrected chi connectivity index (χ2v) is 6.70. The minimum Gasteiger partial charge on any atom is -0.383 e. The van der Waals surface area contributed by atoms with E-state index in [0.717, 1.165) is 13.1 Å². The fourth-order valence-corrected chi connectivity index (χ4v) is 3.22. The number of likely N-dealkylation sites (N-methyl/N-ethyl adjacent to an activating group) is 1. The van der Waals surface area contributed by atoms with Crippen molar-refractivity contribution >= 4 is 15.9 Å². The number of rotatable bonds is 7. The molecule has 1 aliphatic rings. The Morgan fingerprint density at radius 1 is 1.26 bits per heavy atom. The van der Waals surface area contributed by atoms with Crippen LogP contribution in [0.15, 0.2) is 0 Å². The Hall–Kier alpha value is -0.700. The van der Waals surface area contributed by atoms with E-state index in [1.165, 1.54) is 4.31 Å². The highest BCUT2D eigenvalue weighted by atomic mass is 32.2. The monoisotopic (exact) mass is 293 g/mol. The third kappa shape index (κ3) is 5.85. The van der Waals surface area contributed by atoms with Gasteiger partial charge in [0.15, 0.2) is 0 Å². The maximum absolute atomic E-state index is 12.0. The molecule has 0 spiro atoms. The predicted octanol–water partition coefficient (Wildman–Crippen LogP) is -1.28. The molecule has 1 N–H and O–H groups in total. The van der Waals surface area contributed by atoms with Gasteiger partial charge in [-0.05, 0) is 7.05 Å². The summed E-state index contributed by atoms with van der Waals surface area (Å²) in [5.41, 5.74) is 0. The number of piperazine rings is 1. The number of carbonyl (C=O) groups excluding carboxylic acids is 1. The van der Waals surface area contributed by atoms with Crippen LogP contribution in [-0.4, -0.2) is 82.8 Å². The van der Waals surface area contributed by atoms with Gasteiger partial charge in [-0.2, -0.15) is 4.31 Å². The van der Waals surface area contributed by atoms with E-state index in [4.69, 9.17) is 4.74 Å². The molecule has 19 heavy (non-hydrogen) atoms. The fourth-order valence-electron chi connectivity index (χ4n) is 1.80. The lowest BCUT2D eigenvalue weighted by molar-refractivity contribution is -0.120. The molecule has 0 aromatic heterocycles. The second kappa shape index (κ2) is 7.78. The van der Waals surface area contributed by atoms with Gasteiger partial charge in [-0.3, -0.25) is 4.79 Å². The Morgan fingerprint density at radius 2 is 1.89 bits per heavy atom. The van der Waals surface area contributed by atoms with Crippen LogP contribution in [0.3, 0.4) is 0 Å². The minimum atomic E-state index is -3.32. The first-order chi connectivity index (χ1) is 8.95. The van der Waals surface area contributed by atoms with Gasteiger partial charge in [-0.15, -0.1) is 0 Å². The molecular formula is C11H23N3O4S. The molecule has 7 nitrogen and oxygen atoms in total. The summed E-state index contributed by atoms with van der Waals surface area (Å²) in [6.07, 6.45) is -0.00160. The number of nitrogens with one attached hydrogen (secondary N) is 1. The zero-order valence-corrected chi connectivity index (χ0v) is 12.4. The number of sulfonamides is 1. The molecule has 0 aromatic rings.